The van der Waals surface area contributed by atoms with Crippen LogP contribution in [0.3, 0.4) is 0 Å². The van der Waals surface area contributed by atoms with E-state index >= 15 is 0 Å². The van der Waals surface area contributed by atoms with Crippen LogP contribution in [0.15, 0.2) is 48.5 Å². The Morgan fingerprint density at radius 1 is 0.459 bits per heavy atom. The maximum absolute atomic E-state index is 13.6. The van der Waals surface area contributed by atoms with E-state index in [1.54, 1.807) is 48.5 Å². The standard InChI is InChI=1S/C46H82N2O8Si5/c1-33(2)60(34(3)4,35(5)6)53-45(51)41-27-21-19-25-39(41)43(49)47-29-23-31-57(13,14)55-59(17,18)56-58(15,16)32-24-30-48-44(50)40-26-20-22-28-42(40)46(52)54-61(36(7)8,37(9)10)38(11)12/h19-22,25-28,33-38H,23-24,29-32H2,1-18H3,(H,47,49)(H,48,50). The van der Waals surface area contributed by atoms with Crippen LogP contribution in [0.25, 0.3) is 0 Å². The molecule has 2 rings (SSSR count). The van der Waals surface area contributed by atoms with Gasteiger partial charge < -0.3 is 27.7 Å². The Bertz CT molecular complexity index is 1610. The fourth-order valence-electron chi connectivity index (χ4n) is 9.93. The fourth-order valence-corrected chi connectivity index (χ4v) is 34.3. The normalized spacial score (nSPS) is 13.1. The van der Waals surface area contributed by atoms with Crippen LogP contribution in [0.4, 0.5) is 0 Å². The molecule has 2 amide bonds. The van der Waals surface area contributed by atoms with Crippen molar-refractivity contribution < 1.29 is 36.3 Å². The first-order valence-corrected chi connectivity index (χ1v) is 36.0. The lowest BCUT2D eigenvalue weighted by Crippen LogP contribution is -2.52. The van der Waals surface area contributed by atoms with Gasteiger partial charge in [0, 0.05) is 13.1 Å². The van der Waals surface area contributed by atoms with Crippen molar-refractivity contribution in [2.24, 2.45) is 0 Å². The van der Waals surface area contributed by atoms with Crippen molar-refractivity contribution in [3.8, 4) is 0 Å². The van der Waals surface area contributed by atoms with Gasteiger partial charge in [-0.1, -0.05) is 107 Å². The van der Waals surface area contributed by atoms with Crippen LogP contribution in [-0.4, -0.2) is 78.7 Å². The summed E-state index contributed by atoms with van der Waals surface area (Å²) in [5, 5.41) is 6.08. The maximum atomic E-state index is 13.6. The van der Waals surface area contributed by atoms with Gasteiger partial charge in [0.1, 0.15) is 0 Å². The van der Waals surface area contributed by atoms with E-state index in [9.17, 15) is 19.2 Å². The molecule has 0 saturated heterocycles. The number of hydrogen-bond acceptors (Lipinski definition) is 8. The molecule has 0 radical (unpaired) electrons. The van der Waals surface area contributed by atoms with Gasteiger partial charge in [0.05, 0.1) is 22.3 Å². The summed E-state index contributed by atoms with van der Waals surface area (Å²) in [6.45, 7) is 39.6. The van der Waals surface area contributed by atoms with Crippen LogP contribution in [0.1, 0.15) is 137 Å². The quantitative estimate of drug-likeness (QED) is 0.0786. The molecule has 0 aromatic heterocycles. The van der Waals surface area contributed by atoms with Crippen LogP contribution in [0.5, 0.6) is 0 Å². The lowest BCUT2D eigenvalue weighted by atomic mass is 10.1. The number of hydrogen-bond donors (Lipinski definition) is 2. The first-order chi connectivity index (χ1) is 28.1. The maximum Gasteiger partial charge on any atom is 0.325 e. The number of rotatable bonds is 24. The highest BCUT2D eigenvalue weighted by Gasteiger charge is 2.50. The van der Waals surface area contributed by atoms with Gasteiger partial charge in [-0.3, -0.25) is 9.59 Å². The van der Waals surface area contributed by atoms with Crippen molar-refractivity contribution in [3.05, 3.63) is 70.8 Å². The molecular weight excluding hydrogens is 849 g/mol. The molecule has 2 aromatic carbocycles. The number of carbonyl (C=O) groups excluding carboxylic acids is 4. The van der Waals surface area contributed by atoms with Crippen LogP contribution >= 0.6 is 0 Å². The van der Waals surface area contributed by atoms with Crippen molar-refractivity contribution in [3.63, 3.8) is 0 Å². The predicted molar refractivity (Wildman–Crippen MR) is 264 cm³/mol. The Balaban J connectivity index is 1.95. The molecule has 0 aliphatic heterocycles. The van der Waals surface area contributed by atoms with E-state index < -0.39 is 53.8 Å². The van der Waals surface area contributed by atoms with Gasteiger partial charge in [-0.05, 0) is 122 Å². The minimum Gasteiger partial charge on any atom is -0.515 e. The molecule has 0 aliphatic rings. The average Bonchev–Trinajstić information content (AvgIpc) is 3.14. The Hall–Kier alpha value is -2.68. The van der Waals surface area contributed by atoms with E-state index in [0.717, 1.165) is 24.9 Å². The second-order valence-corrected chi connectivity index (χ2v) is 43.6. The first kappa shape index (κ1) is 54.5. The largest absolute Gasteiger partial charge is 0.515 e. The summed E-state index contributed by atoms with van der Waals surface area (Å²) < 4.78 is 26.5. The number of nitrogens with one attached hydrogen (secondary N) is 2. The molecule has 2 aromatic rings. The van der Waals surface area contributed by atoms with Crippen molar-refractivity contribution in [2.45, 2.75) is 181 Å². The zero-order chi connectivity index (χ0) is 46.7. The molecule has 15 heteroatoms. The summed E-state index contributed by atoms with van der Waals surface area (Å²) in [4.78, 5) is 54.2. The van der Waals surface area contributed by atoms with Gasteiger partial charge in [-0.2, -0.15) is 0 Å². The third-order valence-corrected chi connectivity index (χ3v) is 35.6. The second-order valence-electron chi connectivity index (χ2n) is 20.3. The van der Waals surface area contributed by atoms with E-state index in [2.05, 4.69) is 133 Å². The zero-order valence-corrected chi connectivity index (χ0v) is 46.1. The predicted octanol–water partition coefficient (Wildman–Crippen LogP) is 12.4. The van der Waals surface area contributed by atoms with E-state index in [1.165, 1.54) is 0 Å². The molecule has 0 heterocycles. The summed E-state index contributed by atoms with van der Waals surface area (Å²) in [5.74, 6) is -1.40. The molecule has 344 valence electrons. The molecule has 10 nitrogen and oxygen atoms in total. The van der Waals surface area contributed by atoms with Gasteiger partial charge >= 0.3 is 20.5 Å². The van der Waals surface area contributed by atoms with E-state index in [-0.39, 0.29) is 45.1 Å². The number of carbonyl (C=O) groups is 4. The highest BCUT2D eigenvalue weighted by atomic mass is 28.5. The van der Waals surface area contributed by atoms with Crippen LogP contribution in [-0.2, 0) is 17.1 Å². The Labute approximate surface area is 375 Å². The molecule has 0 aliphatic carbocycles. The minimum atomic E-state index is -2.52. The Kier molecular flexibility index (Phi) is 20.3. The Morgan fingerprint density at radius 2 is 0.721 bits per heavy atom. The van der Waals surface area contributed by atoms with Gasteiger partial charge in [0.15, 0.2) is 16.6 Å². The van der Waals surface area contributed by atoms with Crippen molar-refractivity contribution >= 4 is 65.6 Å². The van der Waals surface area contributed by atoms with Gasteiger partial charge in [-0.25, -0.2) is 9.59 Å². The number of benzene rings is 2. The van der Waals surface area contributed by atoms with Crippen molar-refractivity contribution in [1.82, 2.24) is 10.6 Å². The number of amides is 2. The molecule has 0 bridgehead atoms. The lowest BCUT2D eigenvalue weighted by Gasteiger charge is -2.41. The van der Waals surface area contributed by atoms with Gasteiger partial charge in [0.25, 0.3) is 28.4 Å². The molecule has 0 fully saturated rings. The summed E-state index contributed by atoms with van der Waals surface area (Å²) in [6, 6.07) is 15.5. The second kappa shape index (κ2) is 22.8. The van der Waals surface area contributed by atoms with Crippen molar-refractivity contribution in [2.75, 3.05) is 13.1 Å². The fraction of sp³-hybridized carbons (Fsp3) is 0.652. The van der Waals surface area contributed by atoms with Crippen LogP contribution < -0.4 is 10.6 Å². The van der Waals surface area contributed by atoms with E-state index in [0.29, 0.717) is 35.3 Å². The van der Waals surface area contributed by atoms with E-state index in [4.69, 9.17) is 17.1 Å². The summed E-state index contributed by atoms with van der Waals surface area (Å²) in [7, 11) is -11.8. The van der Waals surface area contributed by atoms with Gasteiger partial charge in [0.2, 0.25) is 0 Å². The molecule has 0 unspecified atom stereocenters. The SMILES string of the molecule is CC(C)[Si](OC(=O)c1ccccc1C(=O)NCCC[Si](C)(C)O[Si](C)(C)O[Si](C)(C)CCCNC(=O)c1ccccc1C(=O)O[Si](C(C)C)(C(C)C)C(C)C)(C(C)C)C(C)C. The monoisotopic (exact) mass is 930 g/mol. The molecule has 2 N–H and O–H groups in total. The van der Waals surface area contributed by atoms with Crippen LogP contribution in [0, 0.1) is 0 Å². The Morgan fingerprint density at radius 3 is 0.984 bits per heavy atom. The highest BCUT2D eigenvalue weighted by Crippen LogP contribution is 2.44. The van der Waals surface area contributed by atoms with Crippen LogP contribution in [0.2, 0.25) is 84.6 Å². The summed E-state index contributed by atoms with van der Waals surface area (Å²) in [5.41, 5.74) is 2.70. The first-order valence-electron chi connectivity index (χ1n) is 22.7. The van der Waals surface area contributed by atoms with Crippen molar-refractivity contribution in [1.29, 1.82) is 0 Å². The highest BCUT2D eigenvalue weighted by molar-refractivity contribution is 6.88. The molecule has 0 saturated carbocycles. The van der Waals surface area contributed by atoms with Gasteiger partial charge in [-0.15, -0.1) is 0 Å². The molecule has 0 atom stereocenters. The average molecular weight is 932 g/mol. The third-order valence-electron chi connectivity index (χ3n) is 12.3. The smallest absolute Gasteiger partial charge is 0.325 e. The third kappa shape index (κ3) is 14.7. The summed E-state index contributed by atoms with van der Waals surface area (Å²) >= 11 is 0. The molecule has 0 spiro atoms. The summed E-state index contributed by atoms with van der Waals surface area (Å²) in [6.07, 6.45) is 1.48. The molecule has 61 heavy (non-hydrogen) atoms. The minimum absolute atomic E-state index is 0.237. The van der Waals surface area contributed by atoms with E-state index in [1.807, 2.05) is 0 Å². The molecular formula is C46H82N2O8Si5. The zero-order valence-electron chi connectivity index (χ0n) is 41.1. The topological polar surface area (TPSA) is 129 Å². The lowest BCUT2D eigenvalue weighted by molar-refractivity contribution is 0.0691.